The Morgan fingerprint density at radius 3 is 2.68 bits per heavy atom. The Morgan fingerprint density at radius 2 is 1.89 bits per heavy atom. The Hall–Kier alpha value is -3.61. The summed E-state index contributed by atoms with van der Waals surface area (Å²) in [5, 5.41) is 2.77. The maximum atomic E-state index is 13.6. The number of hydrogen-bond acceptors (Lipinski definition) is 4. The first kappa shape index (κ1) is 19.2. The van der Waals surface area contributed by atoms with Gasteiger partial charge in [0.1, 0.15) is 23.7 Å². The third kappa shape index (κ3) is 5.20. The van der Waals surface area contributed by atoms with Gasteiger partial charge in [0.2, 0.25) is 5.91 Å². The fourth-order valence-electron chi connectivity index (χ4n) is 2.47. The average Bonchev–Trinajstić information content (AvgIpc) is 2.69. The van der Waals surface area contributed by atoms with Crippen LogP contribution in [-0.4, -0.2) is 15.9 Å². The lowest BCUT2D eigenvalue weighted by Gasteiger charge is -2.14. The standard InChI is InChI=1S/C21H17F2N3O2/c1-14(26-21(27)8-5-16-9-17(22)6-7-20(16)23)15-3-2-4-18(10-15)28-19-11-24-13-25-12-19/h2-14H,1H3,(H,26,27)/b8-5+/t14-/m0/s1. The molecule has 3 aromatic rings. The Bertz CT molecular complexity index is 994. The van der Waals surface area contributed by atoms with Gasteiger partial charge in [-0.25, -0.2) is 18.7 Å². The van der Waals surface area contributed by atoms with Crippen molar-refractivity contribution < 1.29 is 18.3 Å². The lowest BCUT2D eigenvalue weighted by atomic mass is 10.1. The van der Waals surface area contributed by atoms with Gasteiger partial charge in [-0.2, -0.15) is 0 Å². The van der Waals surface area contributed by atoms with Crippen molar-refractivity contribution >= 4 is 12.0 Å². The van der Waals surface area contributed by atoms with E-state index in [1.807, 2.05) is 6.07 Å². The van der Waals surface area contributed by atoms with Crippen molar-refractivity contribution in [2.45, 2.75) is 13.0 Å². The molecule has 1 heterocycles. The van der Waals surface area contributed by atoms with Gasteiger partial charge in [-0.15, -0.1) is 0 Å². The lowest BCUT2D eigenvalue weighted by molar-refractivity contribution is -0.117. The van der Waals surface area contributed by atoms with Gasteiger partial charge in [0, 0.05) is 11.6 Å². The predicted molar refractivity (Wildman–Crippen MR) is 100 cm³/mol. The first-order valence-corrected chi connectivity index (χ1v) is 8.48. The van der Waals surface area contributed by atoms with Crippen molar-refractivity contribution in [3.63, 3.8) is 0 Å². The molecular formula is C21H17F2N3O2. The number of amides is 1. The third-order valence-electron chi connectivity index (χ3n) is 3.86. The molecule has 0 radical (unpaired) electrons. The average molecular weight is 381 g/mol. The molecular weight excluding hydrogens is 364 g/mol. The van der Waals surface area contributed by atoms with Gasteiger partial charge < -0.3 is 10.1 Å². The summed E-state index contributed by atoms with van der Waals surface area (Å²) in [6.45, 7) is 1.80. The fourth-order valence-corrected chi connectivity index (χ4v) is 2.47. The molecule has 0 unspecified atom stereocenters. The molecule has 0 aliphatic heterocycles. The topological polar surface area (TPSA) is 64.1 Å². The highest BCUT2D eigenvalue weighted by molar-refractivity contribution is 5.92. The second-order valence-corrected chi connectivity index (χ2v) is 5.98. The summed E-state index contributed by atoms with van der Waals surface area (Å²) in [4.78, 5) is 19.9. The Balaban J connectivity index is 1.64. The third-order valence-corrected chi connectivity index (χ3v) is 3.86. The van der Waals surface area contributed by atoms with E-state index in [4.69, 9.17) is 4.74 Å². The molecule has 1 aromatic heterocycles. The summed E-state index contributed by atoms with van der Waals surface area (Å²) >= 11 is 0. The summed E-state index contributed by atoms with van der Waals surface area (Å²) in [6.07, 6.45) is 6.89. The Kier molecular flexibility index (Phi) is 6.06. The molecule has 1 N–H and O–H groups in total. The van der Waals surface area contributed by atoms with E-state index in [0.717, 1.165) is 29.8 Å². The molecule has 3 rings (SSSR count). The molecule has 1 amide bonds. The second kappa shape index (κ2) is 8.85. The molecule has 0 aliphatic carbocycles. The maximum Gasteiger partial charge on any atom is 0.244 e. The summed E-state index contributed by atoms with van der Waals surface area (Å²) < 4.78 is 32.4. The van der Waals surface area contributed by atoms with Crippen LogP contribution in [-0.2, 0) is 4.79 Å². The minimum Gasteiger partial charge on any atom is -0.454 e. The van der Waals surface area contributed by atoms with Gasteiger partial charge in [-0.1, -0.05) is 12.1 Å². The van der Waals surface area contributed by atoms with Crippen LogP contribution in [0.4, 0.5) is 8.78 Å². The molecule has 0 bridgehead atoms. The highest BCUT2D eigenvalue weighted by Crippen LogP contribution is 2.23. The van der Waals surface area contributed by atoms with Crippen LogP contribution in [0.5, 0.6) is 11.5 Å². The van der Waals surface area contributed by atoms with Crippen LogP contribution in [0.15, 0.2) is 67.3 Å². The molecule has 0 aliphatic rings. The molecule has 1 atom stereocenters. The highest BCUT2D eigenvalue weighted by atomic mass is 19.1. The van der Waals surface area contributed by atoms with Crippen LogP contribution in [0.2, 0.25) is 0 Å². The zero-order valence-electron chi connectivity index (χ0n) is 15.0. The van der Waals surface area contributed by atoms with E-state index < -0.39 is 17.5 Å². The molecule has 2 aromatic carbocycles. The summed E-state index contributed by atoms with van der Waals surface area (Å²) in [5.41, 5.74) is 0.816. The zero-order valence-corrected chi connectivity index (χ0v) is 15.0. The van der Waals surface area contributed by atoms with Gasteiger partial charge in [-0.3, -0.25) is 4.79 Å². The Morgan fingerprint density at radius 1 is 1.11 bits per heavy atom. The van der Waals surface area contributed by atoms with E-state index in [1.54, 1.807) is 37.5 Å². The molecule has 142 valence electrons. The van der Waals surface area contributed by atoms with Gasteiger partial charge in [0.15, 0.2) is 5.75 Å². The van der Waals surface area contributed by atoms with E-state index >= 15 is 0 Å². The second-order valence-electron chi connectivity index (χ2n) is 5.98. The van der Waals surface area contributed by atoms with Crippen LogP contribution >= 0.6 is 0 Å². The lowest BCUT2D eigenvalue weighted by Crippen LogP contribution is -2.24. The molecule has 0 saturated heterocycles. The monoisotopic (exact) mass is 381 g/mol. The number of carbonyl (C=O) groups excluding carboxylic acids is 1. The molecule has 5 nitrogen and oxygen atoms in total. The predicted octanol–water partition coefficient (Wildman–Crippen LogP) is 4.44. The SMILES string of the molecule is C[C@H](NC(=O)/C=C/c1cc(F)ccc1F)c1cccc(Oc2cncnc2)c1. The van der Waals surface area contributed by atoms with E-state index in [9.17, 15) is 13.6 Å². The summed E-state index contributed by atoms with van der Waals surface area (Å²) in [7, 11) is 0. The first-order valence-electron chi connectivity index (χ1n) is 8.48. The number of ether oxygens (including phenoxy) is 1. The highest BCUT2D eigenvalue weighted by Gasteiger charge is 2.09. The van der Waals surface area contributed by atoms with Crippen molar-refractivity contribution in [3.05, 3.63) is 90.0 Å². The van der Waals surface area contributed by atoms with Crippen molar-refractivity contribution in [1.29, 1.82) is 0 Å². The zero-order chi connectivity index (χ0) is 19.9. The molecule has 0 fully saturated rings. The smallest absolute Gasteiger partial charge is 0.244 e. The van der Waals surface area contributed by atoms with Crippen LogP contribution in [0.25, 0.3) is 6.08 Å². The molecule has 7 heteroatoms. The van der Waals surface area contributed by atoms with E-state index in [1.165, 1.54) is 12.4 Å². The number of halogens is 2. The largest absolute Gasteiger partial charge is 0.454 e. The fraction of sp³-hybridized carbons (Fsp3) is 0.0952. The van der Waals surface area contributed by atoms with Crippen LogP contribution in [0.3, 0.4) is 0 Å². The first-order chi connectivity index (χ1) is 13.5. The molecule has 28 heavy (non-hydrogen) atoms. The molecule has 0 saturated carbocycles. The number of benzene rings is 2. The Labute approximate surface area is 160 Å². The quantitative estimate of drug-likeness (QED) is 0.641. The van der Waals surface area contributed by atoms with Crippen LogP contribution in [0, 0.1) is 11.6 Å². The van der Waals surface area contributed by atoms with Crippen LogP contribution < -0.4 is 10.1 Å². The van der Waals surface area contributed by atoms with Crippen molar-refractivity contribution in [3.8, 4) is 11.5 Å². The minimum atomic E-state index is -0.603. The van der Waals surface area contributed by atoms with Crippen molar-refractivity contribution in [2.75, 3.05) is 0 Å². The van der Waals surface area contributed by atoms with Gasteiger partial charge in [0.25, 0.3) is 0 Å². The van der Waals surface area contributed by atoms with E-state index in [0.29, 0.717) is 11.5 Å². The van der Waals surface area contributed by atoms with E-state index in [2.05, 4.69) is 15.3 Å². The number of nitrogens with zero attached hydrogens (tertiary/aromatic N) is 2. The minimum absolute atomic E-state index is 0.00304. The maximum absolute atomic E-state index is 13.6. The number of aromatic nitrogens is 2. The normalized spacial score (nSPS) is 12.0. The summed E-state index contributed by atoms with van der Waals surface area (Å²) in [6, 6.07) is 9.93. The number of nitrogens with one attached hydrogen (secondary N) is 1. The van der Waals surface area contributed by atoms with E-state index in [-0.39, 0.29) is 11.6 Å². The summed E-state index contributed by atoms with van der Waals surface area (Å²) in [5.74, 6) is -0.537. The van der Waals surface area contributed by atoms with Gasteiger partial charge >= 0.3 is 0 Å². The number of carbonyl (C=O) groups is 1. The molecule has 0 spiro atoms. The van der Waals surface area contributed by atoms with Gasteiger partial charge in [-0.05, 0) is 48.9 Å². The number of hydrogen-bond donors (Lipinski definition) is 1. The van der Waals surface area contributed by atoms with Crippen molar-refractivity contribution in [1.82, 2.24) is 15.3 Å². The van der Waals surface area contributed by atoms with Gasteiger partial charge in [0.05, 0.1) is 18.4 Å². The van der Waals surface area contributed by atoms with Crippen molar-refractivity contribution in [2.24, 2.45) is 0 Å². The number of rotatable bonds is 6. The van der Waals surface area contributed by atoms with Crippen LogP contribution in [0.1, 0.15) is 24.1 Å².